The zero-order chi connectivity index (χ0) is 20.6. The van der Waals surface area contributed by atoms with Gasteiger partial charge in [-0.15, -0.1) is 0 Å². The summed E-state index contributed by atoms with van der Waals surface area (Å²) >= 11 is 0. The van der Waals surface area contributed by atoms with E-state index >= 15 is 0 Å². The lowest BCUT2D eigenvalue weighted by molar-refractivity contribution is -0.384. The van der Waals surface area contributed by atoms with Gasteiger partial charge in [0, 0.05) is 18.3 Å². The van der Waals surface area contributed by atoms with E-state index in [0.717, 1.165) is 0 Å². The number of esters is 1. The molecule has 0 aliphatic heterocycles. The summed E-state index contributed by atoms with van der Waals surface area (Å²) in [6, 6.07) is 16.5. The Balaban J connectivity index is 1.56. The Bertz CT molecular complexity index is 1050. The van der Waals surface area contributed by atoms with Crippen molar-refractivity contribution in [3.63, 3.8) is 0 Å². The lowest BCUT2D eigenvalue weighted by Crippen LogP contribution is -2.18. The van der Waals surface area contributed by atoms with Crippen molar-refractivity contribution < 1.29 is 19.2 Å². The molecule has 0 unspecified atom stereocenters. The number of pyridine rings is 1. The standard InChI is InChI=1S/C20H14N4O5/c25-19(18-3-1-2-12-21-18)23-22-13-14-4-10-17(11-5-14)29-20(26)15-6-8-16(9-7-15)24(27)28/h1-13H,(H,23,25)/b22-13-. The van der Waals surface area contributed by atoms with Crippen LogP contribution in [0.1, 0.15) is 26.4 Å². The molecule has 0 fully saturated rings. The van der Waals surface area contributed by atoms with Gasteiger partial charge in [-0.05, 0) is 54.1 Å². The van der Waals surface area contributed by atoms with Gasteiger partial charge < -0.3 is 4.74 Å². The number of rotatable bonds is 6. The summed E-state index contributed by atoms with van der Waals surface area (Å²) in [6.45, 7) is 0. The number of nitrogens with zero attached hydrogens (tertiary/aromatic N) is 3. The minimum atomic E-state index is -0.635. The predicted molar refractivity (Wildman–Crippen MR) is 104 cm³/mol. The number of hydrogen-bond acceptors (Lipinski definition) is 7. The molecule has 9 heteroatoms. The topological polar surface area (TPSA) is 124 Å². The third kappa shape index (κ3) is 5.30. The molecule has 144 valence electrons. The van der Waals surface area contributed by atoms with Gasteiger partial charge in [0.1, 0.15) is 11.4 Å². The van der Waals surface area contributed by atoms with Crippen LogP contribution in [0, 0.1) is 10.1 Å². The summed E-state index contributed by atoms with van der Waals surface area (Å²) in [4.78, 5) is 37.9. The van der Waals surface area contributed by atoms with E-state index in [1.54, 1.807) is 42.5 Å². The first-order valence-corrected chi connectivity index (χ1v) is 8.34. The van der Waals surface area contributed by atoms with Crippen LogP contribution in [0.25, 0.3) is 0 Å². The summed E-state index contributed by atoms with van der Waals surface area (Å²) in [5, 5.41) is 14.5. The second kappa shape index (κ2) is 9.00. The van der Waals surface area contributed by atoms with Crippen LogP contribution in [0.2, 0.25) is 0 Å². The molecule has 0 saturated carbocycles. The van der Waals surface area contributed by atoms with Crippen molar-refractivity contribution in [2.45, 2.75) is 0 Å². The maximum Gasteiger partial charge on any atom is 0.343 e. The predicted octanol–water partition coefficient (Wildman–Crippen LogP) is 2.97. The Labute approximate surface area is 164 Å². The molecule has 0 aliphatic carbocycles. The number of carbonyl (C=O) groups is 2. The number of hydrogen-bond donors (Lipinski definition) is 1. The largest absolute Gasteiger partial charge is 0.423 e. The number of ether oxygens (including phenoxy) is 1. The van der Waals surface area contributed by atoms with Gasteiger partial charge in [-0.3, -0.25) is 19.9 Å². The smallest absolute Gasteiger partial charge is 0.343 e. The van der Waals surface area contributed by atoms with Crippen LogP contribution in [0.15, 0.2) is 78.0 Å². The van der Waals surface area contributed by atoms with Crippen LogP contribution in [0.3, 0.4) is 0 Å². The minimum absolute atomic E-state index is 0.111. The maximum atomic E-state index is 12.1. The van der Waals surface area contributed by atoms with E-state index < -0.39 is 16.8 Å². The van der Waals surface area contributed by atoms with Crippen molar-refractivity contribution in [1.82, 2.24) is 10.4 Å². The molecule has 0 aliphatic rings. The van der Waals surface area contributed by atoms with Gasteiger partial charge in [0.2, 0.25) is 0 Å². The van der Waals surface area contributed by atoms with Crippen LogP contribution < -0.4 is 10.2 Å². The first-order valence-electron chi connectivity index (χ1n) is 8.34. The van der Waals surface area contributed by atoms with Gasteiger partial charge in [0.05, 0.1) is 16.7 Å². The van der Waals surface area contributed by atoms with E-state index in [0.29, 0.717) is 11.3 Å². The van der Waals surface area contributed by atoms with Gasteiger partial charge in [-0.25, -0.2) is 10.2 Å². The number of nitro groups is 1. The fourth-order valence-electron chi connectivity index (χ4n) is 2.23. The quantitative estimate of drug-likeness (QED) is 0.227. The lowest BCUT2D eigenvalue weighted by atomic mass is 10.2. The number of benzene rings is 2. The molecule has 0 spiro atoms. The molecule has 3 rings (SSSR count). The Hall–Kier alpha value is -4.40. The average Bonchev–Trinajstić information content (AvgIpc) is 2.75. The van der Waals surface area contributed by atoms with Gasteiger partial charge in [-0.1, -0.05) is 6.07 Å². The number of amides is 1. The lowest BCUT2D eigenvalue weighted by Gasteiger charge is -2.04. The van der Waals surface area contributed by atoms with Crippen LogP contribution in [-0.2, 0) is 0 Å². The van der Waals surface area contributed by atoms with E-state index in [4.69, 9.17) is 4.74 Å². The molecule has 0 radical (unpaired) electrons. The number of nitro benzene ring substituents is 1. The maximum absolute atomic E-state index is 12.1. The molecule has 1 heterocycles. The van der Waals surface area contributed by atoms with Crippen LogP contribution in [0.4, 0.5) is 5.69 Å². The molecule has 0 saturated heterocycles. The first kappa shape index (κ1) is 19.4. The number of carbonyl (C=O) groups excluding carboxylic acids is 2. The van der Waals surface area contributed by atoms with Gasteiger partial charge in [0.15, 0.2) is 0 Å². The molecular formula is C20H14N4O5. The third-order valence-corrected chi connectivity index (χ3v) is 3.68. The highest BCUT2D eigenvalue weighted by Gasteiger charge is 2.11. The number of non-ortho nitro benzene ring substituents is 1. The van der Waals surface area contributed by atoms with Crippen molar-refractivity contribution in [2.75, 3.05) is 0 Å². The summed E-state index contributed by atoms with van der Waals surface area (Å²) < 4.78 is 5.23. The Morgan fingerprint density at radius 2 is 1.76 bits per heavy atom. The summed E-state index contributed by atoms with van der Waals surface area (Å²) in [6.07, 6.45) is 2.94. The van der Waals surface area contributed by atoms with Gasteiger partial charge >= 0.3 is 5.97 Å². The first-order chi connectivity index (χ1) is 14.0. The van der Waals surface area contributed by atoms with Crippen molar-refractivity contribution in [3.05, 3.63) is 99.9 Å². The zero-order valence-electron chi connectivity index (χ0n) is 14.9. The summed E-state index contributed by atoms with van der Waals surface area (Å²) in [5.41, 5.74) is 3.36. The molecule has 2 aromatic carbocycles. The van der Waals surface area contributed by atoms with Crippen molar-refractivity contribution in [2.24, 2.45) is 5.10 Å². The highest BCUT2D eigenvalue weighted by Crippen LogP contribution is 2.16. The molecule has 1 N–H and O–H groups in total. The second-order valence-corrected chi connectivity index (χ2v) is 5.68. The van der Waals surface area contributed by atoms with E-state index in [-0.39, 0.29) is 16.9 Å². The van der Waals surface area contributed by atoms with Crippen LogP contribution >= 0.6 is 0 Å². The van der Waals surface area contributed by atoms with Crippen molar-refractivity contribution in [1.29, 1.82) is 0 Å². The normalized spacial score (nSPS) is 10.5. The van der Waals surface area contributed by atoms with Crippen molar-refractivity contribution >= 4 is 23.8 Å². The molecule has 9 nitrogen and oxygen atoms in total. The highest BCUT2D eigenvalue weighted by atomic mass is 16.6. The molecule has 3 aromatic rings. The number of hydrazone groups is 1. The molecule has 0 bridgehead atoms. The number of nitrogens with one attached hydrogen (secondary N) is 1. The fourth-order valence-corrected chi connectivity index (χ4v) is 2.23. The molecule has 29 heavy (non-hydrogen) atoms. The zero-order valence-corrected chi connectivity index (χ0v) is 14.9. The summed E-state index contributed by atoms with van der Waals surface area (Å²) in [5.74, 6) is -0.775. The van der Waals surface area contributed by atoms with Gasteiger partial charge in [0.25, 0.3) is 11.6 Å². The van der Waals surface area contributed by atoms with E-state index in [1.807, 2.05) is 0 Å². The number of aromatic nitrogens is 1. The van der Waals surface area contributed by atoms with Gasteiger partial charge in [-0.2, -0.15) is 5.10 Å². The Morgan fingerprint density at radius 1 is 1.03 bits per heavy atom. The molecular weight excluding hydrogens is 376 g/mol. The minimum Gasteiger partial charge on any atom is -0.423 e. The monoisotopic (exact) mass is 390 g/mol. The second-order valence-electron chi connectivity index (χ2n) is 5.68. The SMILES string of the molecule is O=C(Oc1ccc(/C=N\NC(=O)c2ccccn2)cc1)c1ccc([N+](=O)[O-])cc1. The average molecular weight is 390 g/mol. The molecule has 1 aromatic heterocycles. The highest BCUT2D eigenvalue weighted by molar-refractivity contribution is 5.93. The molecule has 1 amide bonds. The Morgan fingerprint density at radius 3 is 2.38 bits per heavy atom. The van der Waals surface area contributed by atoms with E-state index in [1.165, 1.54) is 36.7 Å². The van der Waals surface area contributed by atoms with E-state index in [2.05, 4.69) is 15.5 Å². The van der Waals surface area contributed by atoms with Crippen molar-refractivity contribution in [3.8, 4) is 5.75 Å². The molecule has 0 atom stereocenters. The van der Waals surface area contributed by atoms with Crippen LogP contribution in [0.5, 0.6) is 5.75 Å². The Kier molecular flexibility index (Phi) is 6.01. The van der Waals surface area contributed by atoms with Crippen LogP contribution in [-0.4, -0.2) is 28.0 Å². The third-order valence-electron chi connectivity index (χ3n) is 3.68. The summed E-state index contributed by atoms with van der Waals surface area (Å²) in [7, 11) is 0. The van der Waals surface area contributed by atoms with E-state index in [9.17, 15) is 19.7 Å². The fraction of sp³-hybridized carbons (Fsp3) is 0.